The fourth-order valence-corrected chi connectivity index (χ4v) is 2.61. The fourth-order valence-electron chi connectivity index (χ4n) is 1.62. The predicted octanol–water partition coefficient (Wildman–Crippen LogP) is -0.411. The van der Waals surface area contributed by atoms with E-state index in [0.29, 0.717) is 11.3 Å². The number of carbonyl (C=O) groups is 1. The smallest absolute Gasteiger partial charge is 0.251 e. The van der Waals surface area contributed by atoms with E-state index in [1.54, 1.807) is 0 Å². The minimum absolute atomic E-state index is 0.152. The molecule has 21 heavy (non-hydrogen) atoms. The van der Waals surface area contributed by atoms with Crippen molar-refractivity contribution in [2.45, 2.75) is 11.5 Å². The summed E-state index contributed by atoms with van der Waals surface area (Å²) in [7, 11) is -3.47. The Hall–Kier alpha value is -1.29. The van der Waals surface area contributed by atoms with Crippen molar-refractivity contribution >= 4 is 26.7 Å². The van der Waals surface area contributed by atoms with Gasteiger partial charge >= 0.3 is 0 Å². The highest BCUT2D eigenvalue weighted by Crippen LogP contribution is 2.15. The van der Waals surface area contributed by atoms with Crippen LogP contribution in [0.4, 0.5) is 0 Å². The number of hydrogen-bond acceptors (Lipinski definition) is 5. The molecule has 0 spiro atoms. The molecule has 1 aromatic carbocycles. The Labute approximate surface area is 126 Å². The maximum absolute atomic E-state index is 12.0. The SMILES string of the molecule is COCc1cc(C(=O)NCCS(C)=O)cc(S(N)(=O)=O)c1. The number of benzene rings is 1. The minimum Gasteiger partial charge on any atom is -0.380 e. The molecule has 0 heterocycles. The largest absolute Gasteiger partial charge is 0.380 e. The average Bonchev–Trinajstić information content (AvgIpc) is 2.37. The molecule has 0 aliphatic rings. The quantitative estimate of drug-likeness (QED) is 0.703. The normalized spacial score (nSPS) is 12.9. The van der Waals surface area contributed by atoms with Gasteiger partial charge in [-0.25, -0.2) is 13.6 Å². The van der Waals surface area contributed by atoms with Gasteiger partial charge in [0.1, 0.15) is 0 Å². The molecule has 0 aliphatic heterocycles. The summed E-state index contributed by atoms with van der Waals surface area (Å²) < 4.78 is 38.7. The Kier molecular flexibility index (Phi) is 6.46. The fraction of sp³-hybridized carbons (Fsp3) is 0.417. The zero-order chi connectivity index (χ0) is 16.0. The first-order valence-corrected chi connectivity index (χ1v) is 9.25. The second-order valence-electron chi connectivity index (χ2n) is 4.38. The lowest BCUT2D eigenvalue weighted by atomic mass is 10.1. The molecule has 0 saturated heterocycles. The number of primary sulfonamides is 1. The molecular formula is C12H18N2O5S2. The van der Waals surface area contributed by atoms with Crippen LogP contribution in [-0.4, -0.2) is 44.2 Å². The molecule has 1 atom stereocenters. The first-order valence-electron chi connectivity index (χ1n) is 5.98. The van der Waals surface area contributed by atoms with Gasteiger partial charge in [0, 0.05) is 42.0 Å². The molecule has 1 rings (SSSR count). The van der Waals surface area contributed by atoms with E-state index in [4.69, 9.17) is 9.88 Å². The van der Waals surface area contributed by atoms with E-state index in [2.05, 4.69) is 5.32 Å². The second kappa shape index (κ2) is 7.64. The molecule has 3 N–H and O–H groups in total. The van der Waals surface area contributed by atoms with Gasteiger partial charge in [-0.3, -0.25) is 9.00 Å². The number of nitrogens with one attached hydrogen (secondary N) is 1. The number of nitrogens with two attached hydrogens (primary N) is 1. The van der Waals surface area contributed by atoms with Crippen LogP contribution in [0.2, 0.25) is 0 Å². The first kappa shape index (κ1) is 17.8. The minimum atomic E-state index is -3.92. The third kappa shape index (κ3) is 5.92. The Balaban J connectivity index is 3.02. The van der Waals surface area contributed by atoms with Crippen molar-refractivity contribution in [1.29, 1.82) is 0 Å². The van der Waals surface area contributed by atoms with Crippen LogP contribution >= 0.6 is 0 Å². The lowest BCUT2D eigenvalue weighted by Crippen LogP contribution is -2.28. The van der Waals surface area contributed by atoms with E-state index >= 15 is 0 Å². The number of hydrogen-bond donors (Lipinski definition) is 2. The molecule has 0 radical (unpaired) electrons. The Morgan fingerprint density at radius 2 is 2.05 bits per heavy atom. The molecule has 1 amide bonds. The van der Waals surface area contributed by atoms with Crippen LogP contribution in [0.25, 0.3) is 0 Å². The van der Waals surface area contributed by atoms with Crippen molar-refractivity contribution in [2.24, 2.45) is 5.14 Å². The maximum Gasteiger partial charge on any atom is 0.251 e. The third-order valence-electron chi connectivity index (χ3n) is 2.54. The summed E-state index contributed by atoms with van der Waals surface area (Å²) in [4.78, 5) is 11.8. The molecule has 0 aliphatic carbocycles. The first-order chi connectivity index (χ1) is 9.74. The summed E-state index contributed by atoms with van der Waals surface area (Å²) in [6, 6.07) is 4.08. The van der Waals surface area contributed by atoms with E-state index < -0.39 is 26.7 Å². The van der Waals surface area contributed by atoms with Crippen LogP contribution in [0.5, 0.6) is 0 Å². The van der Waals surface area contributed by atoms with Crippen molar-refractivity contribution in [1.82, 2.24) is 5.32 Å². The van der Waals surface area contributed by atoms with Gasteiger partial charge in [-0.1, -0.05) is 0 Å². The lowest BCUT2D eigenvalue weighted by molar-refractivity contribution is 0.0955. The number of ether oxygens (including phenoxy) is 1. The van der Waals surface area contributed by atoms with Gasteiger partial charge < -0.3 is 10.1 Å². The van der Waals surface area contributed by atoms with Crippen molar-refractivity contribution in [3.05, 3.63) is 29.3 Å². The van der Waals surface area contributed by atoms with Crippen LogP contribution < -0.4 is 10.5 Å². The van der Waals surface area contributed by atoms with Crippen molar-refractivity contribution in [2.75, 3.05) is 25.7 Å². The summed E-state index contributed by atoms with van der Waals surface area (Å²) in [6.07, 6.45) is 1.53. The molecule has 0 aromatic heterocycles. The molecule has 9 heteroatoms. The lowest BCUT2D eigenvalue weighted by Gasteiger charge is -2.09. The van der Waals surface area contributed by atoms with Crippen molar-refractivity contribution in [3.8, 4) is 0 Å². The van der Waals surface area contributed by atoms with Crippen LogP contribution in [0.15, 0.2) is 23.1 Å². The van der Waals surface area contributed by atoms with Gasteiger partial charge in [0.25, 0.3) is 5.91 Å². The van der Waals surface area contributed by atoms with Gasteiger partial charge in [0.2, 0.25) is 10.0 Å². The Bertz CT molecular complexity index is 643. The summed E-state index contributed by atoms with van der Waals surface area (Å²) >= 11 is 0. The number of methoxy groups -OCH3 is 1. The molecule has 0 bridgehead atoms. The van der Waals surface area contributed by atoms with Crippen molar-refractivity contribution < 1.29 is 22.2 Å². The Morgan fingerprint density at radius 3 is 2.57 bits per heavy atom. The summed E-state index contributed by atoms with van der Waals surface area (Å²) in [5.41, 5.74) is 0.684. The number of amides is 1. The number of rotatable bonds is 7. The monoisotopic (exact) mass is 334 g/mol. The van der Waals surface area contributed by atoms with E-state index in [1.807, 2.05) is 0 Å². The molecule has 118 valence electrons. The number of carbonyl (C=O) groups excluding carboxylic acids is 1. The predicted molar refractivity (Wildman–Crippen MR) is 79.8 cm³/mol. The Morgan fingerprint density at radius 1 is 1.38 bits per heavy atom. The molecule has 7 nitrogen and oxygen atoms in total. The maximum atomic E-state index is 12.0. The van der Waals surface area contributed by atoms with Gasteiger partial charge in [0.15, 0.2) is 0 Å². The molecule has 0 saturated carbocycles. The highest BCUT2D eigenvalue weighted by atomic mass is 32.2. The van der Waals surface area contributed by atoms with Crippen LogP contribution in [0.3, 0.4) is 0 Å². The molecule has 1 unspecified atom stereocenters. The van der Waals surface area contributed by atoms with Gasteiger partial charge in [0.05, 0.1) is 11.5 Å². The van der Waals surface area contributed by atoms with Gasteiger partial charge in [-0.15, -0.1) is 0 Å². The summed E-state index contributed by atoms with van der Waals surface area (Å²) in [5.74, 6) is -0.130. The van der Waals surface area contributed by atoms with E-state index in [9.17, 15) is 17.4 Å². The third-order valence-corrected chi connectivity index (χ3v) is 4.21. The second-order valence-corrected chi connectivity index (χ2v) is 7.49. The molecule has 0 fully saturated rings. The van der Waals surface area contributed by atoms with Gasteiger partial charge in [-0.05, 0) is 23.8 Å². The average molecular weight is 334 g/mol. The van der Waals surface area contributed by atoms with E-state index in [-0.39, 0.29) is 23.6 Å². The van der Waals surface area contributed by atoms with Gasteiger partial charge in [-0.2, -0.15) is 0 Å². The van der Waals surface area contributed by atoms with E-state index in [1.165, 1.54) is 31.6 Å². The van der Waals surface area contributed by atoms with Crippen LogP contribution in [0.1, 0.15) is 15.9 Å². The zero-order valence-electron chi connectivity index (χ0n) is 11.8. The summed E-state index contributed by atoms with van der Waals surface area (Å²) in [6.45, 7) is 0.393. The zero-order valence-corrected chi connectivity index (χ0v) is 13.4. The number of sulfonamides is 1. The standard InChI is InChI=1S/C12H18N2O5S2/c1-19-8-9-5-10(7-11(6-9)21(13,17)18)12(15)14-3-4-20(2)16/h5-7H,3-4,8H2,1-2H3,(H,14,15)(H2,13,17,18). The highest BCUT2D eigenvalue weighted by molar-refractivity contribution is 7.89. The van der Waals surface area contributed by atoms with Crippen molar-refractivity contribution in [3.63, 3.8) is 0 Å². The molecular weight excluding hydrogens is 316 g/mol. The van der Waals surface area contributed by atoms with Crippen LogP contribution in [0, 0.1) is 0 Å². The topological polar surface area (TPSA) is 116 Å². The highest BCUT2D eigenvalue weighted by Gasteiger charge is 2.14. The summed E-state index contributed by atoms with van der Waals surface area (Å²) in [5, 5.41) is 7.66. The molecule has 1 aromatic rings. The van der Waals surface area contributed by atoms with E-state index in [0.717, 1.165) is 0 Å². The van der Waals surface area contributed by atoms with Crippen LogP contribution in [-0.2, 0) is 32.2 Å².